The van der Waals surface area contributed by atoms with Gasteiger partial charge in [-0.05, 0) is 37.5 Å². The Morgan fingerprint density at radius 1 is 1.20 bits per heavy atom. The van der Waals surface area contributed by atoms with Gasteiger partial charge in [0.1, 0.15) is 0 Å². The average Bonchev–Trinajstić information content (AvgIpc) is 2.46. The van der Waals surface area contributed by atoms with Crippen LogP contribution >= 0.6 is 12.4 Å². The number of halogens is 1. The Morgan fingerprint density at radius 2 is 1.95 bits per heavy atom. The molecule has 0 saturated carbocycles. The van der Waals surface area contributed by atoms with Crippen molar-refractivity contribution in [1.82, 2.24) is 4.98 Å². The molecule has 5 heteroatoms. The third-order valence-electron chi connectivity index (χ3n) is 3.68. The first-order valence-electron chi connectivity index (χ1n) is 6.69. The van der Waals surface area contributed by atoms with Crippen molar-refractivity contribution in [2.45, 2.75) is 19.3 Å². The number of primary amides is 1. The van der Waals surface area contributed by atoms with E-state index in [2.05, 4.69) is 9.88 Å². The maximum Gasteiger partial charge on any atom is 0.250 e. The maximum absolute atomic E-state index is 11.7. The zero-order chi connectivity index (χ0) is 13.2. The number of carbonyl (C=O) groups is 1. The van der Waals surface area contributed by atoms with Gasteiger partial charge in [-0.15, -0.1) is 12.4 Å². The van der Waals surface area contributed by atoms with Crippen LogP contribution in [0.2, 0.25) is 0 Å². The van der Waals surface area contributed by atoms with E-state index < -0.39 is 0 Å². The molecule has 2 aromatic rings. The van der Waals surface area contributed by atoms with Crippen LogP contribution in [-0.2, 0) is 0 Å². The number of anilines is 1. The van der Waals surface area contributed by atoms with Crippen LogP contribution in [0.25, 0.3) is 10.9 Å². The molecule has 1 saturated heterocycles. The minimum Gasteiger partial charge on any atom is -0.371 e. The largest absolute Gasteiger partial charge is 0.371 e. The minimum atomic E-state index is -0.369. The van der Waals surface area contributed by atoms with Gasteiger partial charge in [-0.25, -0.2) is 0 Å². The first-order valence-corrected chi connectivity index (χ1v) is 6.69. The molecule has 0 radical (unpaired) electrons. The summed E-state index contributed by atoms with van der Waals surface area (Å²) in [6.07, 6.45) is 5.36. The number of pyridine rings is 1. The molecule has 3 rings (SSSR count). The number of piperidine rings is 1. The molecule has 2 N–H and O–H groups in total. The molecule has 1 aliphatic heterocycles. The molecule has 0 aliphatic carbocycles. The predicted molar refractivity (Wildman–Crippen MR) is 83.6 cm³/mol. The zero-order valence-corrected chi connectivity index (χ0v) is 12.0. The summed E-state index contributed by atoms with van der Waals surface area (Å²) < 4.78 is 0. The van der Waals surface area contributed by atoms with Crippen LogP contribution in [0.5, 0.6) is 0 Å². The lowest BCUT2D eigenvalue weighted by atomic mass is 10.0. The molecule has 2 heterocycles. The second-order valence-corrected chi connectivity index (χ2v) is 4.98. The van der Waals surface area contributed by atoms with Gasteiger partial charge >= 0.3 is 0 Å². The van der Waals surface area contributed by atoms with Gasteiger partial charge in [-0.1, -0.05) is 6.07 Å². The van der Waals surface area contributed by atoms with Gasteiger partial charge in [0, 0.05) is 24.7 Å². The number of carbonyl (C=O) groups excluding carboxylic acids is 1. The van der Waals surface area contributed by atoms with Crippen molar-refractivity contribution in [2.24, 2.45) is 5.73 Å². The number of hydrogen-bond acceptors (Lipinski definition) is 3. The normalized spacial score (nSPS) is 14.9. The number of nitrogens with zero attached hydrogens (tertiary/aromatic N) is 2. The number of nitrogens with two attached hydrogens (primary N) is 1. The predicted octanol–water partition coefficient (Wildman–Crippen LogP) is 2.75. The Hall–Kier alpha value is -1.81. The highest BCUT2D eigenvalue weighted by Crippen LogP contribution is 2.28. The summed E-state index contributed by atoms with van der Waals surface area (Å²) in [5.74, 6) is -0.369. The molecule has 20 heavy (non-hydrogen) atoms. The summed E-state index contributed by atoms with van der Waals surface area (Å²) in [6, 6.07) is 7.66. The Morgan fingerprint density at radius 3 is 2.65 bits per heavy atom. The third-order valence-corrected chi connectivity index (χ3v) is 3.68. The summed E-state index contributed by atoms with van der Waals surface area (Å²) in [5.41, 5.74) is 7.97. The van der Waals surface area contributed by atoms with E-state index in [1.807, 2.05) is 24.3 Å². The first-order chi connectivity index (χ1) is 9.25. The fourth-order valence-electron chi connectivity index (χ4n) is 2.70. The fourth-order valence-corrected chi connectivity index (χ4v) is 2.70. The molecular weight excluding hydrogens is 274 g/mol. The van der Waals surface area contributed by atoms with Crippen molar-refractivity contribution >= 4 is 34.9 Å². The van der Waals surface area contributed by atoms with Crippen molar-refractivity contribution in [3.63, 3.8) is 0 Å². The highest BCUT2D eigenvalue weighted by Gasteiger charge is 2.18. The molecule has 1 fully saturated rings. The smallest absolute Gasteiger partial charge is 0.250 e. The monoisotopic (exact) mass is 291 g/mol. The molecule has 0 unspecified atom stereocenters. The molecule has 1 aliphatic rings. The lowest BCUT2D eigenvalue weighted by molar-refractivity contribution is 0.100. The average molecular weight is 292 g/mol. The van der Waals surface area contributed by atoms with E-state index in [9.17, 15) is 4.79 Å². The molecule has 1 aromatic heterocycles. The molecular formula is C15H18ClN3O. The minimum absolute atomic E-state index is 0. The van der Waals surface area contributed by atoms with Crippen LogP contribution in [0.4, 0.5) is 5.69 Å². The summed E-state index contributed by atoms with van der Waals surface area (Å²) >= 11 is 0. The van der Waals surface area contributed by atoms with E-state index in [4.69, 9.17) is 5.73 Å². The molecule has 1 aromatic carbocycles. The number of amides is 1. The van der Waals surface area contributed by atoms with Crippen LogP contribution in [0, 0.1) is 0 Å². The molecule has 0 bridgehead atoms. The number of rotatable bonds is 2. The van der Waals surface area contributed by atoms with Gasteiger partial charge in [-0.3, -0.25) is 9.78 Å². The van der Waals surface area contributed by atoms with Crippen LogP contribution in [0.15, 0.2) is 30.5 Å². The van der Waals surface area contributed by atoms with Crippen LogP contribution in [-0.4, -0.2) is 24.0 Å². The number of fused-ring (bicyclic) bond motifs is 1. The fraction of sp³-hybridized carbons (Fsp3) is 0.333. The van der Waals surface area contributed by atoms with Gasteiger partial charge < -0.3 is 10.6 Å². The van der Waals surface area contributed by atoms with E-state index >= 15 is 0 Å². The first kappa shape index (κ1) is 14.6. The van der Waals surface area contributed by atoms with Crippen molar-refractivity contribution in [1.29, 1.82) is 0 Å². The third kappa shape index (κ3) is 2.70. The van der Waals surface area contributed by atoms with Crippen molar-refractivity contribution in [3.8, 4) is 0 Å². The lowest BCUT2D eigenvalue weighted by Gasteiger charge is -2.30. The van der Waals surface area contributed by atoms with Crippen molar-refractivity contribution in [2.75, 3.05) is 18.0 Å². The Labute approximate surface area is 124 Å². The topological polar surface area (TPSA) is 59.2 Å². The molecule has 0 atom stereocenters. The van der Waals surface area contributed by atoms with Gasteiger partial charge in [0.25, 0.3) is 5.91 Å². The Kier molecular flexibility index (Phi) is 4.45. The quantitative estimate of drug-likeness (QED) is 0.925. The summed E-state index contributed by atoms with van der Waals surface area (Å²) in [5, 5.41) is 0.956. The van der Waals surface area contributed by atoms with Gasteiger partial charge in [0.05, 0.1) is 16.8 Å². The summed E-state index contributed by atoms with van der Waals surface area (Å²) in [6.45, 7) is 1.97. The standard InChI is InChI=1S/C15H17N3O.ClH/c16-15(19)12-9-11-5-4-6-17-13(11)10-14(12)18-7-2-1-3-8-18;/h4-6,9-10H,1-3,7-8H2,(H2,16,19);1H. The number of aromatic nitrogens is 1. The van der Waals surface area contributed by atoms with Gasteiger partial charge in [0.15, 0.2) is 0 Å². The summed E-state index contributed by atoms with van der Waals surface area (Å²) in [4.78, 5) is 18.3. The van der Waals surface area contributed by atoms with Gasteiger partial charge in [0.2, 0.25) is 0 Å². The zero-order valence-electron chi connectivity index (χ0n) is 11.2. The highest BCUT2D eigenvalue weighted by molar-refractivity contribution is 6.03. The van der Waals surface area contributed by atoms with E-state index in [1.54, 1.807) is 6.20 Å². The van der Waals surface area contributed by atoms with E-state index in [0.29, 0.717) is 5.56 Å². The second kappa shape index (κ2) is 6.09. The molecule has 4 nitrogen and oxygen atoms in total. The van der Waals surface area contributed by atoms with Crippen LogP contribution in [0.1, 0.15) is 29.6 Å². The van der Waals surface area contributed by atoms with E-state index in [1.165, 1.54) is 19.3 Å². The van der Waals surface area contributed by atoms with Crippen LogP contribution < -0.4 is 10.6 Å². The SMILES string of the molecule is Cl.NC(=O)c1cc2cccnc2cc1N1CCCCC1. The molecule has 106 valence electrons. The molecule has 0 spiro atoms. The second-order valence-electron chi connectivity index (χ2n) is 4.98. The van der Waals surface area contributed by atoms with Crippen molar-refractivity contribution < 1.29 is 4.79 Å². The number of hydrogen-bond donors (Lipinski definition) is 1. The van der Waals surface area contributed by atoms with E-state index in [0.717, 1.165) is 29.7 Å². The Bertz CT molecular complexity index is 624. The van der Waals surface area contributed by atoms with Crippen molar-refractivity contribution in [3.05, 3.63) is 36.0 Å². The maximum atomic E-state index is 11.7. The van der Waals surface area contributed by atoms with Gasteiger partial charge in [-0.2, -0.15) is 0 Å². The van der Waals surface area contributed by atoms with Crippen LogP contribution in [0.3, 0.4) is 0 Å². The summed E-state index contributed by atoms with van der Waals surface area (Å²) in [7, 11) is 0. The Balaban J connectivity index is 0.00000147. The van der Waals surface area contributed by atoms with E-state index in [-0.39, 0.29) is 18.3 Å². The lowest BCUT2D eigenvalue weighted by Crippen LogP contribution is -2.31. The molecule has 1 amide bonds. The number of benzene rings is 1. The highest BCUT2D eigenvalue weighted by atomic mass is 35.5.